The number of carbonyl (C=O) groups is 1. The number of imidazole rings is 1. The molecule has 0 bridgehead atoms. The number of nitrogen functional groups attached to an aromatic ring is 1. The molecule has 102 valence electrons. The minimum Gasteiger partial charge on any atom is -0.397 e. The monoisotopic (exact) mass is 279 g/mol. The Kier molecular flexibility index (Phi) is 3.75. The van der Waals surface area contributed by atoms with Crippen molar-refractivity contribution in [3.8, 4) is 0 Å². The van der Waals surface area contributed by atoms with Crippen LogP contribution in [-0.2, 0) is 13.6 Å². The van der Waals surface area contributed by atoms with Crippen LogP contribution in [0.15, 0.2) is 18.5 Å². The molecule has 2 aromatic rings. The van der Waals surface area contributed by atoms with Crippen LogP contribution in [-0.4, -0.2) is 29.6 Å². The second-order valence-corrected chi connectivity index (χ2v) is 5.29. The van der Waals surface area contributed by atoms with Gasteiger partial charge in [0, 0.05) is 33.5 Å². The number of carbonyl (C=O) groups excluding carboxylic acids is 1. The molecule has 0 aromatic carbocycles. The third-order valence-electron chi connectivity index (χ3n) is 2.86. The fourth-order valence-corrected chi connectivity index (χ4v) is 2.70. The van der Waals surface area contributed by atoms with Gasteiger partial charge in [-0.3, -0.25) is 4.79 Å². The molecule has 6 nitrogen and oxygen atoms in total. The summed E-state index contributed by atoms with van der Waals surface area (Å²) in [4.78, 5) is 18.5. The van der Waals surface area contributed by atoms with Crippen LogP contribution in [0.25, 0.3) is 0 Å². The molecule has 2 rings (SSSR count). The zero-order chi connectivity index (χ0) is 14.0. The number of thiophene rings is 1. The molecule has 0 aliphatic carbocycles. The second-order valence-electron chi connectivity index (χ2n) is 4.26. The van der Waals surface area contributed by atoms with E-state index in [2.05, 4.69) is 10.3 Å². The molecule has 0 spiro atoms. The first-order valence-corrected chi connectivity index (χ1v) is 6.63. The lowest BCUT2D eigenvalue weighted by atomic mass is 10.3. The molecular weight excluding hydrogens is 262 g/mol. The first kappa shape index (κ1) is 13.4. The van der Waals surface area contributed by atoms with Crippen LogP contribution in [0, 0.1) is 0 Å². The average Bonchev–Trinajstić information content (AvgIpc) is 2.95. The summed E-state index contributed by atoms with van der Waals surface area (Å²) in [7, 11) is 5.50. The highest BCUT2D eigenvalue weighted by molar-refractivity contribution is 7.18. The highest BCUT2D eigenvalue weighted by atomic mass is 32.1. The topological polar surface area (TPSA) is 76.2 Å². The number of rotatable bonds is 4. The number of nitrogens with one attached hydrogen (secondary N) is 1. The van der Waals surface area contributed by atoms with E-state index in [0.29, 0.717) is 17.1 Å². The van der Waals surface area contributed by atoms with E-state index in [-0.39, 0.29) is 5.91 Å². The molecule has 19 heavy (non-hydrogen) atoms. The van der Waals surface area contributed by atoms with Crippen molar-refractivity contribution in [2.75, 3.05) is 24.7 Å². The van der Waals surface area contributed by atoms with E-state index >= 15 is 0 Å². The maximum absolute atomic E-state index is 11.6. The molecule has 1 amide bonds. The zero-order valence-electron chi connectivity index (χ0n) is 11.2. The third-order valence-corrected chi connectivity index (χ3v) is 4.12. The van der Waals surface area contributed by atoms with Gasteiger partial charge in [0.25, 0.3) is 5.91 Å². The van der Waals surface area contributed by atoms with Gasteiger partial charge in [0.2, 0.25) is 0 Å². The lowest BCUT2D eigenvalue weighted by molar-refractivity contribution is 0.0968. The summed E-state index contributed by atoms with van der Waals surface area (Å²) >= 11 is 1.38. The largest absolute Gasteiger partial charge is 0.397 e. The summed E-state index contributed by atoms with van der Waals surface area (Å²) in [5.41, 5.74) is 6.37. The summed E-state index contributed by atoms with van der Waals surface area (Å²) in [6, 6.07) is 1.82. The Morgan fingerprint density at radius 1 is 1.63 bits per heavy atom. The molecular formula is C12H17N5OS. The SMILES string of the molecule is CNC(=O)c1sc(N(C)Cc2nccn2C)cc1N. The van der Waals surface area contributed by atoms with Gasteiger partial charge in [-0.1, -0.05) is 0 Å². The Labute approximate surface area is 115 Å². The van der Waals surface area contributed by atoms with Crippen molar-refractivity contribution in [1.82, 2.24) is 14.9 Å². The Morgan fingerprint density at radius 3 is 2.95 bits per heavy atom. The number of anilines is 2. The Balaban J connectivity index is 2.18. The molecule has 2 aromatic heterocycles. The molecule has 0 saturated carbocycles. The first-order valence-electron chi connectivity index (χ1n) is 5.81. The molecule has 0 aliphatic rings. The van der Waals surface area contributed by atoms with Gasteiger partial charge in [0.15, 0.2) is 0 Å². The minimum absolute atomic E-state index is 0.154. The fourth-order valence-electron chi connectivity index (χ4n) is 1.71. The molecule has 0 fully saturated rings. The van der Waals surface area contributed by atoms with Crippen molar-refractivity contribution < 1.29 is 4.79 Å². The normalized spacial score (nSPS) is 10.5. The molecule has 0 radical (unpaired) electrons. The van der Waals surface area contributed by atoms with Crippen molar-refractivity contribution in [3.05, 3.63) is 29.2 Å². The number of amides is 1. The molecule has 0 atom stereocenters. The van der Waals surface area contributed by atoms with Gasteiger partial charge in [0.05, 0.1) is 17.2 Å². The van der Waals surface area contributed by atoms with Crippen molar-refractivity contribution in [1.29, 1.82) is 0 Å². The number of nitrogens with two attached hydrogens (primary N) is 1. The van der Waals surface area contributed by atoms with Crippen LogP contribution in [0.4, 0.5) is 10.7 Å². The molecule has 0 saturated heterocycles. The van der Waals surface area contributed by atoms with E-state index in [4.69, 9.17) is 5.73 Å². The number of hydrogen-bond donors (Lipinski definition) is 2. The number of hydrogen-bond acceptors (Lipinski definition) is 5. The maximum atomic E-state index is 11.6. The van der Waals surface area contributed by atoms with E-state index in [1.54, 1.807) is 13.2 Å². The fraction of sp³-hybridized carbons (Fsp3) is 0.333. The average molecular weight is 279 g/mol. The highest BCUT2D eigenvalue weighted by Gasteiger charge is 2.16. The van der Waals surface area contributed by atoms with Crippen LogP contribution in [0.3, 0.4) is 0 Å². The van der Waals surface area contributed by atoms with E-state index < -0.39 is 0 Å². The smallest absolute Gasteiger partial charge is 0.263 e. The predicted molar refractivity (Wildman–Crippen MR) is 77.4 cm³/mol. The summed E-state index contributed by atoms with van der Waals surface area (Å²) in [6.45, 7) is 0.663. The standard InChI is InChI=1S/C12H17N5OS/c1-14-12(18)11-8(13)6-10(19-11)17(3)7-9-15-4-5-16(9)2/h4-6H,7,13H2,1-3H3,(H,14,18). The van der Waals surface area contributed by atoms with Crippen LogP contribution in [0.5, 0.6) is 0 Å². The van der Waals surface area contributed by atoms with Gasteiger partial charge in [0.1, 0.15) is 10.7 Å². The molecule has 0 aliphatic heterocycles. The van der Waals surface area contributed by atoms with Crippen LogP contribution >= 0.6 is 11.3 Å². The van der Waals surface area contributed by atoms with Gasteiger partial charge in [-0.15, -0.1) is 11.3 Å². The van der Waals surface area contributed by atoms with E-state index in [0.717, 1.165) is 10.8 Å². The van der Waals surface area contributed by atoms with Gasteiger partial charge in [-0.05, 0) is 6.07 Å². The molecule has 0 unspecified atom stereocenters. The van der Waals surface area contributed by atoms with Gasteiger partial charge >= 0.3 is 0 Å². The lowest BCUT2D eigenvalue weighted by Gasteiger charge is -2.16. The van der Waals surface area contributed by atoms with Crippen molar-refractivity contribution in [2.45, 2.75) is 6.54 Å². The summed E-state index contributed by atoms with van der Waals surface area (Å²) in [5.74, 6) is 0.801. The molecule has 7 heteroatoms. The predicted octanol–water partition coefficient (Wildman–Crippen LogP) is 1.06. The van der Waals surface area contributed by atoms with E-state index in [9.17, 15) is 4.79 Å². The Bertz CT molecular complexity index is 589. The first-order chi connectivity index (χ1) is 9.02. The number of aryl methyl sites for hydroxylation is 1. The van der Waals surface area contributed by atoms with Gasteiger partial charge in [-0.25, -0.2) is 4.98 Å². The van der Waals surface area contributed by atoms with Crippen molar-refractivity contribution in [2.24, 2.45) is 7.05 Å². The van der Waals surface area contributed by atoms with Crippen LogP contribution in [0.1, 0.15) is 15.5 Å². The minimum atomic E-state index is -0.154. The Morgan fingerprint density at radius 2 is 2.37 bits per heavy atom. The zero-order valence-corrected chi connectivity index (χ0v) is 12.0. The van der Waals surface area contributed by atoms with Crippen molar-refractivity contribution >= 4 is 27.9 Å². The summed E-state index contributed by atoms with van der Waals surface area (Å²) in [6.07, 6.45) is 3.67. The van der Waals surface area contributed by atoms with Crippen LogP contribution < -0.4 is 16.0 Å². The highest BCUT2D eigenvalue weighted by Crippen LogP contribution is 2.32. The van der Waals surface area contributed by atoms with Gasteiger partial charge in [-0.2, -0.15) is 0 Å². The quantitative estimate of drug-likeness (QED) is 0.877. The van der Waals surface area contributed by atoms with Crippen molar-refractivity contribution in [3.63, 3.8) is 0 Å². The number of aromatic nitrogens is 2. The molecule has 3 N–H and O–H groups in total. The van der Waals surface area contributed by atoms with Crippen LogP contribution in [0.2, 0.25) is 0 Å². The molecule has 2 heterocycles. The maximum Gasteiger partial charge on any atom is 0.263 e. The second kappa shape index (κ2) is 5.31. The number of nitrogens with zero attached hydrogens (tertiary/aromatic N) is 3. The van der Waals surface area contributed by atoms with Gasteiger partial charge < -0.3 is 20.5 Å². The van der Waals surface area contributed by atoms with E-state index in [1.807, 2.05) is 35.8 Å². The lowest BCUT2D eigenvalue weighted by Crippen LogP contribution is -2.18. The Hall–Kier alpha value is -2.02. The van der Waals surface area contributed by atoms with E-state index in [1.165, 1.54) is 11.3 Å². The summed E-state index contributed by atoms with van der Waals surface area (Å²) in [5, 5.41) is 3.53. The third kappa shape index (κ3) is 2.70. The summed E-state index contributed by atoms with van der Waals surface area (Å²) < 4.78 is 1.97.